The SMILES string of the molecule is CN(C)/N=C1\CCCCC1Cc1ccc(Br)cc1. The number of nitrogens with zero attached hydrogens (tertiary/aromatic N) is 2. The Kier molecular flexibility index (Phi) is 4.81. The van der Waals surface area contributed by atoms with Crippen molar-refractivity contribution < 1.29 is 0 Å². The third-order valence-corrected chi connectivity index (χ3v) is 3.96. The molecule has 1 fully saturated rings. The molecule has 0 heterocycles. The average molecular weight is 309 g/mol. The summed E-state index contributed by atoms with van der Waals surface area (Å²) in [7, 11) is 4.02. The van der Waals surface area contributed by atoms with Crippen LogP contribution in [0.1, 0.15) is 31.2 Å². The molecule has 1 aromatic carbocycles. The van der Waals surface area contributed by atoms with Crippen LogP contribution in [0.5, 0.6) is 0 Å². The molecule has 1 aliphatic rings. The number of hydrazone groups is 1. The molecule has 1 aromatic rings. The van der Waals surface area contributed by atoms with E-state index in [0.29, 0.717) is 5.92 Å². The molecule has 18 heavy (non-hydrogen) atoms. The standard InChI is InChI=1S/C15H21BrN2/c1-18(2)17-15-6-4-3-5-13(15)11-12-7-9-14(16)10-8-12/h7-10,13H,3-6,11H2,1-2H3/b17-15+. The minimum absolute atomic E-state index is 0.627. The summed E-state index contributed by atoms with van der Waals surface area (Å²) in [5, 5.41) is 6.61. The van der Waals surface area contributed by atoms with Crippen LogP contribution in [-0.2, 0) is 6.42 Å². The highest BCUT2D eigenvalue weighted by Crippen LogP contribution is 2.26. The lowest BCUT2D eigenvalue weighted by Crippen LogP contribution is -2.24. The van der Waals surface area contributed by atoms with Crippen molar-refractivity contribution in [3.63, 3.8) is 0 Å². The zero-order valence-corrected chi connectivity index (χ0v) is 12.8. The Morgan fingerprint density at radius 1 is 1.22 bits per heavy atom. The van der Waals surface area contributed by atoms with Gasteiger partial charge in [0.15, 0.2) is 0 Å². The first-order valence-electron chi connectivity index (χ1n) is 6.64. The van der Waals surface area contributed by atoms with E-state index in [1.54, 1.807) is 0 Å². The number of halogens is 1. The third-order valence-electron chi connectivity index (χ3n) is 3.43. The first kappa shape index (κ1) is 13.6. The smallest absolute Gasteiger partial charge is 0.0414 e. The topological polar surface area (TPSA) is 15.6 Å². The van der Waals surface area contributed by atoms with Gasteiger partial charge in [-0.3, -0.25) is 0 Å². The second-order valence-corrected chi connectivity index (χ2v) is 6.13. The largest absolute Gasteiger partial charge is 0.303 e. The highest BCUT2D eigenvalue weighted by molar-refractivity contribution is 9.10. The Morgan fingerprint density at radius 3 is 2.61 bits per heavy atom. The molecule has 3 heteroatoms. The quantitative estimate of drug-likeness (QED) is 0.768. The van der Waals surface area contributed by atoms with Crippen molar-refractivity contribution in [2.24, 2.45) is 11.0 Å². The minimum Gasteiger partial charge on any atom is -0.303 e. The molecule has 0 aliphatic heterocycles. The predicted molar refractivity (Wildman–Crippen MR) is 80.9 cm³/mol. The summed E-state index contributed by atoms with van der Waals surface area (Å²) in [6.07, 6.45) is 6.21. The molecule has 98 valence electrons. The van der Waals surface area contributed by atoms with Crippen molar-refractivity contribution in [1.29, 1.82) is 0 Å². The lowest BCUT2D eigenvalue weighted by molar-refractivity contribution is 0.417. The Morgan fingerprint density at radius 2 is 1.94 bits per heavy atom. The maximum atomic E-state index is 4.67. The lowest BCUT2D eigenvalue weighted by Gasteiger charge is -2.25. The summed E-state index contributed by atoms with van der Waals surface area (Å²) in [6.45, 7) is 0. The normalized spacial score (nSPS) is 22.2. The van der Waals surface area contributed by atoms with Crippen LogP contribution in [-0.4, -0.2) is 24.8 Å². The van der Waals surface area contributed by atoms with Crippen LogP contribution in [0.25, 0.3) is 0 Å². The summed E-state index contributed by atoms with van der Waals surface area (Å²) < 4.78 is 1.15. The van der Waals surface area contributed by atoms with E-state index in [0.717, 1.165) is 10.9 Å². The zero-order chi connectivity index (χ0) is 13.0. The van der Waals surface area contributed by atoms with Crippen LogP contribution in [0.3, 0.4) is 0 Å². The number of rotatable bonds is 3. The zero-order valence-electron chi connectivity index (χ0n) is 11.2. The van der Waals surface area contributed by atoms with E-state index in [2.05, 4.69) is 45.3 Å². The highest BCUT2D eigenvalue weighted by Gasteiger charge is 2.21. The van der Waals surface area contributed by atoms with E-state index >= 15 is 0 Å². The van der Waals surface area contributed by atoms with Crippen LogP contribution >= 0.6 is 15.9 Å². The van der Waals surface area contributed by atoms with Crippen molar-refractivity contribution in [2.75, 3.05) is 14.1 Å². The summed E-state index contributed by atoms with van der Waals surface area (Å²) in [5.41, 5.74) is 2.80. The first-order valence-corrected chi connectivity index (χ1v) is 7.43. The van der Waals surface area contributed by atoms with Gasteiger partial charge in [-0.15, -0.1) is 0 Å². The molecular weight excluding hydrogens is 288 g/mol. The van der Waals surface area contributed by atoms with Gasteiger partial charge in [0.2, 0.25) is 0 Å². The van der Waals surface area contributed by atoms with Crippen LogP contribution in [0, 0.1) is 5.92 Å². The molecule has 0 saturated heterocycles. The number of hydrogen-bond donors (Lipinski definition) is 0. The van der Waals surface area contributed by atoms with E-state index in [4.69, 9.17) is 0 Å². The van der Waals surface area contributed by atoms with Crippen molar-refractivity contribution in [3.05, 3.63) is 34.3 Å². The Balaban J connectivity index is 2.08. The summed E-state index contributed by atoms with van der Waals surface area (Å²) in [4.78, 5) is 0. The van der Waals surface area contributed by atoms with Crippen LogP contribution in [0.4, 0.5) is 0 Å². The fourth-order valence-corrected chi connectivity index (χ4v) is 2.85. The second kappa shape index (κ2) is 6.37. The maximum Gasteiger partial charge on any atom is 0.0414 e. The molecule has 0 N–H and O–H groups in total. The lowest BCUT2D eigenvalue weighted by atomic mass is 9.83. The van der Waals surface area contributed by atoms with Crippen LogP contribution in [0.15, 0.2) is 33.8 Å². The van der Waals surface area contributed by atoms with Gasteiger partial charge < -0.3 is 5.01 Å². The van der Waals surface area contributed by atoms with E-state index in [1.165, 1.54) is 37.0 Å². The first-order chi connectivity index (χ1) is 8.65. The van der Waals surface area contributed by atoms with Gasteiger partial charge in [-0.05, 0) is 43.4 Å². The minimum atomic E-state index is 0.627. The van der Waals surface area contributed by atoms with Gasteiger partial charge in [0.25, 0.3) is 0 Å². The van der Waals surface area contributed by atoms with Gasteiger partial charge in [0.1, 0.15) is 0 Å². The fourth-order valence-electron chi connectivity index (χ4n) is 2.58. The summed E-state index contributed by atoms with van der Waals surface area (Å²) >= 11 is 3.48. The average Bonchev–Trinajstić information content (AvgIpc) is 2.34. The molecular formula is C15H21BrN2. The molecule has 0 aromatic heterocycles. The molecule has 0 bridgehead atoms. The third kappa shape index (κ3) is 3.84. The monoisotopic (exact) mass is 308 g/mol. The second-order valence-electron chi connectivity index (χ2n) is 5.21. The van der Waals surface area contributed by atoms with Crippen LogP contribution < -0.4 is 0 Å². The summed E-state index contributed by atoms with van der Waals surface area (Å²) in [6, 6.07) is 8.68. The number of benzene rings is 1. The predicted octanol–water partition coefficient (Wildman–Crippen LogP) is 4.10. The molecule has 0 radical (unpaired) electrons. The molecule has 1 unspecified atom stereocenters. The van der Waals surface area contributed by atoms with Crippen molar-refractivity contribution >= 4 is 21.6 Å². The molecule has 2 nitrogen and oxygen atoms in total. The van der Waals surface area contributed by atoms with Gasteiger partial charge in [0, 0.05) is 30.2 Å². The van der Waals surface area contributed by atoms with Crippen molar-refractivity contribution in [3.8, 4) is 0 Å². The molecule has 1 saturated carbocycles. The highest BCUT2D eigenvalue weighted by atomic mass is 79.9. The summed E-state index contributed by atoms with van der Waals surface area (Å²) in [5.74, 6) is 0.627. The van der Waals surface area contributed by atoms with Crippen LogP contribution in [0.2, 0.25) is 0 Å². The Hall–Kier alpha value is -0.830. The van der Waals surface area contributed by atoms with E-state index < -0.39 is 0 Å². The molecule has 0 spiro atoms. The van der Waals surface area contributed by atoms with Gasteiger partial charge in [0.05, 0.1) is 0 Å². The van der Waals surface area contributed by atoms with E-state index in [9.17, 15) is 0 Å². The van der Waals surface area contributed by atoms with Crippen molar-refractivity contribution in [2.45, 2.75) is 32.1 Å². The van der Waals surface area contributed by atoms with Gasteiger partial charge in [-0.1, -0.05) is 34.5 Å². The van der Waals surface area contributed by atoms with Gasteiger partial charge in [-0.2, -0.15) is 5.10 Å². The molecule has 1 atom stereocenters. The van der Waals surface area contributed by atoms with E-state index in [-0.39, 0.29) is 0 Å². The van der Waals surface area contributed by atoms with E-state index in [1.807, 2.05) is 19.1 Å². The van der Waals surface area contributed by atoms with Gasteiger partial charge in [-0.25, -0.2) is 0 Å². The molecule has 1 aliphatic carbocycles. The number of hydrogen-bond acceptors (Lipinski definition) is 2. The maximum absolute atomic E-state index is 4.67. The van der Waals surface area contributed by atoms with Gasteiger partial charge >= 0.3 is 0 Å². The van der Waals surface area contributed by atoms with Crippen molar-refractivity contribution in [1.82, 2.24) is 5.01 Å². The Labute approximate surface area is 118 Å². The fraction of sp³-hybridized carbons (Fsp3) is 0.533. The molecule has 2 rings (SSSR count). The Bertz CT molecular complexity index is 409. The molecule has 0 amide bonds.